The predicted molar refractivity (Wildman–Crippen MR) is 118 cm³/mol. The van der Waals surface area contributed by atoms with E-state index in [0.29, 0.717) is 42.6 Å². The van der Waals surface area contributed by atoms with Crippen LogP contribution >= 0.6 is 22.9 Å². The van der Waals surface area contributed by atoms with Crippen LogP contribution in [-0.4, -0.2) is 19.7 Å². The van der Waals surface area contributed by atoms with Crippen LogP contribution in [0.4, 0.5) is 8.78 Å². The number of nitrogens with zero attached hydrogens (tertiary/aromatic N) is 4. The summed E-state index contributed by atoms with van der Waals surface area (Å²) in [6.07, 6.45) is 1.38. The van der Waals surface area contributed by atoms with E-state index in [1.165, 1.54) is 28.3 Å². The minimum Gasteiger partial charge on any atom is -0.333 e. The van der Waals surface area contributed by atoms with Gasteiger partial charge < -0.3 is 4.52 Å². The second-order valence-corrected chi connectivity index (χ2v) is 8.47. The first-order valence-corrected chi connectivity index (χ1v) is 10.6. The quantitative estimate of drug-likeness (QED) is 0.348. The molecule has 0 N–H and O–H groups in total. The number of aromatic nitrogens is 4. The highest BCUT2D eigenvalue weighted by atomic mass is 35.5. The molecule has 5 aromatic rings. The summed E-state index contributed by atoms with van der Waals surface area (Å²) in [5.41, 5.74) is 1.43. The van der Waals surface area contributed by atoms with Crippen molar-refractivity contribution in [3.63, 3.8) is 0 Å². The third-order valence-corrected chi connectivity index (χ3v) is 6.51. The molecular formula is C22H13ClF2N4O2S. The number of halogens is 3. The maximum Gasteiger partial charge on any atom is 0.268 e. The van der Waals surface area contributed by atoms with Crippen LogP contribution in [0, 0.1) is 18.6 Å². The van der Waals surface area contributed by atoms with E-state index in [9.17, 15) is 13.6 Å². The molecule has 3 aromatic heterocycles. The molecule has 5 rings (SSSR count). The summed E-state index contributed by atoms with van der Waals surface area (Å²) in [7, 11) is 0. The van der Waals surface area contributed by atoms with Crippen molar-refractivity contribution >= 4 is 33.2 Å². The molecule has 160 valence electrons. The summed E-state index contributed by atoms with van der Waals surface area (Å²) in [5, 5.41) is 4.92. The second-order valence-electron chi connectivity index (χ2n) is 7.07. The number of fused-ring (bicyclic) bond motifs is 1. The maximum absolute atomic E-state index is 13.5. The monoisotopic (exact) mass is 470 g/mol. The highest BCUT2D eigenvalue weighted by Crippen LogP contribution is 2.36. The zero-order valence-electron chi connectivity index (χ0n) is 16.5. The number of rotatable bonds is 4. The Morgan fingerprint density at radius 2 is 1.97 bits per heavy atom. The van der Waals surface area contributed by atoms with Crippen molar-refractivity contribution in [2.24, 2.45) is 0 Å². The van der Waals surface area contributed by atoms with Crippen molar-refractivity contribution in [1.29, 1.82) is 0 Å². The number of aryl methyl sites for hydroxylation is 1. The molecule has 32 heavy (non-hydrogen) atoms. The Labute approximate surface area is 188 Å². The summed E-state index contributed by atoms with van der Waals surface area (Å²) in [5.74, 6) is -1.31. The fourth-order valence-electron chi connectivity index (χ4n) is 3.38. The van der Waals surface area contributed by atoms with Gasteiger partial charge >= 0.3 is 0 Å². The molecular weight excluding hydrogens is 458 g/mol. The minimum absolute atomic E-state index is 0.0564. The molecule has 0 unspecified atom stereocenters. The van der Waals surface area contributed by atoms with Crippen LogP contribution in [0.15, 0.2) is 58.1 Å². The predicted octanol–water partition coefficient (Wildman–Crippen LogP) is 5.46. The molecule has 6 nitrogen and oxygen atoms in total. The van der Waals surface area contributed by atoms with E-state index in [1.807, 2.05) is 6.07 Å². The molecule has 0 bridgehead atoms. The van der Waals surface area contributed by atoms with Gasteiger partial charge in [-0.1, -0.05) is 35.0 Å². The highest BCUT2D eigenvalue weighted by Gasteiger charge is 2.21. The summed E-state index contributed by atoms with van der Waals surface area (Å²) in [6, 6.07) is 10.7. The van der Waals surface area contributed by atoms with Crippen molar-refractivity contribution in [2.45, 2.75) is 13.5 Å². The summed E-state index contributed by atoms with van der Waals surface area (Å²) in [4.78, 5) is 23.0. The largest absolute Gasteiger partial charge is 0.333 e. The first-order chi connectivity index (χ1) is 15.4. The minimum atomic E-state index is -0.968. The molecule has 0 saturated carbocycles. The molecule has 0 aliphatic heterocycles. The van der Waals surface area contributed by atoms with Crippen molar-refractivity contribution < 1.29 is 13.3 Å². The zero-order chi connectivity index (χ0) is 22.4. The van der Waals surface area contributed by atoms with Gasteiger partial charge in [-0.2, -0.15) is 4.98 Å². The fraction of sp³-hybridized carbons (Fsp3) is 0.0909. The number of thiophene rings is 1. The molecule has 2 aromatic carbocycles. The molecule has 0 amide bonds. The molecule has 0 atom stereocenters. The molecule has 0 aliphatic rings. The normalized spacial score (nSPS) is 11.4. The number of benzene rings is 2. The van der Waals surface area contributed by atoms with Crippen molar-refractivity contribution in [2.75, 3.05) is 0 Å². The first kappa shape index (κ1) is 20.5. The van der Waals surface area contributed by atoms with Gasteiger partial charge in [0.25, 0.3) is 11.4 Å². The Hall–Kier alpha value is -3.43. The van der Waals surface area contributed by atoms with Crippen LogP contribution in [0.3, 0.4) is 0 Å². The van der Waals surface area contributed by atoms with Gasteiger partial charge in [0.15, 0.2) is 11.6 Å². The topological polar surface area (TPSA) is 73.8 Å². The van der Waals surface area contributed by atoms with E-state index in [1.54, 1.807) is 25.1 Å². The van der Waals surface area contributed by atoms with E-state index < -0.39 is 11.6 Å². The average molecular weight is 471 g/mol. The Bertz CT molecular complexity index is 1540. The fourth-order valence-corrected chi connectivity index (χ4v) is 4.66. The van der Waals surface area contributed by atoms with Crippen LogP contribution in [0.25, 0.3) is 32.4 Å². The SMILES string of the molecule is Cc1c(-c2nc(-c3ccccc3Cl)no2)sc2ncn(Cc3ccc(F)c(F)c3)c(=O)c12. The lowest BCUT2D eigenvalue weighted by Gasteiger charge is -2.06. The molecule has 0 spiro atoms. The van der Waals surface area contributed by atoms with E-state index >= 15 is 0 Å². The zero-order valence-corrected chi connectivity index (χ0v) is 18.0. The molecule has 0 aliphatic carbocycles. The highest BCUT2D eigenvalue weighted by molar-refractivity contribution is 7.22. The van der Waals surface area contributed by atoms with Crippen LogP contribution in [0.1, 0.15) is 11.1 Å². The molecule has 10 heteroatoms. The first-order valence-electron chi connectivity index (χ1n) is 9.44. The van der Waals surface area contributed by atoms with E-state index in [2.05, 4.69) is 15.1 Å². The van der Waals surface area contributed by atoms with Gasteiger partial charge in [0.2, 0.25) is 5.82 Å². The van der Waals surface area contributed by atoms with Gasteiger partial charge in [-0.25, -0.2) is 13.8 Å². The number of hydrogen-bond acceptors (Lipinski definition) is 6. The van der Waals surface area contributed by atoms with Gasteiger partial charge in [-0.15, -0.1) is 11.3 Å². The van der Waals surface area contributed by atoms with Crippen molar-refractivity contribution in [3.8, 4) is 22.2 Å². The Morgan fingerprint density at radius 1 is 1.16 bits per heavy atom. The lowest BCUT2D eigenvalue weighted by molar-refractivity contribution is 0.433. The van der Waals surface area contributed by atoms with Gasteiger partial charge in [-0.05, 0) is 42.3 Å². The third kappa shape index (κ3) is 3.49. The average Bonchev–Trinajstić information content (AvgIpc) is 3.38. The maximum atomic E-state index is 13.5. The number of hydrogen-bond donors (Lipinski definition) is 0. The summed E-state index contributed by atoms with van der Waals surface area (Å²) >= 11 is 7.48. The van der Waals surface area contributed by atoms with Gasteiger partial charge in [0, 0.05) is 5.56 Å². The van der Waals surface area contributed by atoms with Crippen molar-refractivity contribution in [1.82, 2.24) is 19.7 Å². The third-order valence-electron chi connectivity index (χ3n) is 4.99. The molecule has 0 radical (unpaired) electrons. The Morgan fingerprint density at radius 3 is 2.75 bits per heavy atom. The standard InChI is InChI=1S/C22H13ClF2N4O2S/c1-11-17-21(26-10-29(22(17)30)9-12-6-7-15(24)16(25)8-12)32-18(11)20-27-19(28-31-20)13-4-2-3-5-14(13)23/h2-8,10H,9H2,1H3. The summed E-state index contributed by atoms with van der Waals surface area (Å²) in [6.45, 7) is 1.83. The van der Waals surface area contributed by atoms with E-state index in [0.717, 1.165) is 12.1 Å². The van der Waals surface area contributed by atoms with Gasteiger partial charge in [0.05, 0.1) is 28.2 Å². The Kier molecular flexibility index (Phi) is 5.07. The van der Waals surface area contributed by atoms with Gasteiger partial charge in [-0.3, -0.25) is 9.36 Å². The summed E-state index contributed by atoms with van der Waals surface area (Å²) < 4.78 is 33.5. The van der Waals surface area contributed by atoms with Crippen LogP contribution in [-0.2, 0) is 6.54 Å². The molecule has 0 saturated heterocycles. The van der Waals surface area contributed by atoms with Gasteiger partial charge in [0.1, 0.15) is 4.83 Å². The smallest absolute Gasteiger partial charge is 0.268 e. The van der Waals surface area contributed by atoms with Crippen LogP contribution in [0.2, 0.25) is 5.02 Å². The lowest BCUT2D eigenvalue weighted by atomic mass is 10.2. The second kappa shape index (κ2) is 7.92. The van der Waals surface area contributed by atoms with E-state index in [-0.39, 0.29) is 18.0 Å². The Balaban J connectivity index is 1.55. The molecule has 0 fully saturated rings. The molecule has 3 heterocycles. The van der Waals surface area contributed by atoms with Crippen LogP contribution in [0.5, 0.6) is 0 Å². The van der Waals surface area contributed by atoms with E-state index in [4.69, 9.17) is 16.1 Å². The lowest BCUT2D eigenvalue weighted by Crippen LogP contribution is -2.21. The van der Waals surface area contributed by atoms with Crippen LogP contribution < -0.4 is 5.56 Å². The van der Waals surface area contributed by atoms with Crippen molar-refractivity contribution in [3.05, 3.63) is 86.9 Å².